The normalized spacial score (nSPS) is 14.9. The van der Waals surface area contributed by atoms with Gasteiger partial charge in [0.15, 0.2) is 0 Å². The highest BCUT2D eigenvalue weighted by Gasteiger charge is 2.20. The van der Waals surface area contributed by atoms with Crippen molar-refractivity contribution in [2.75, 3.05) is 6.54 Å². The second-order valence-electron chi connectivity index (χ2n) is 4.75. The molecule has 2 unspecified atom stereocenters. The van der Waals surface area contributed by atoms with E-state index in [1.54, 1.807) is 6.07 Å². The average Bonchev–Trinajstić information content (AvgIpc) is 2.77. The van der Waals surface area contributed by atoms with Crippen LogP contribution in [0.25, 0.3) is 11.0 Å². The van der Waals surface area contributed by atoms with Crippen molar-refractivity contribution in [3.63, 3.8) is 0 Å². The number of halogens is 1. The Kier molecular flexibility index (Phi) is 4.02. The molecule has 3 heteroatoms. The van der Waals surface area contributed by atoms with Gasteiger partial charge in [-0.05, 0) is 36.7 Å². The van der Waals surface area contributed by atoms with Crippen LogP contribution in [0.3, 0.4) is 0 Å². The van der Waals surface area contributed by atoms with Crippen molar-refractivity contribution in [1.82, 2.24) is 5.32 Å². The predicted octanol–water partition coefficient (Wildman–Crippen LogP) is 4.27. The minimum absolute atomic E-state index is 0.190. The van der Waals surface area contributed by atoms with E-state index in [1.807, 2.05) is 6.07 Å². The largest absolute Gasteiger partial charge is 0.459 e. The minimum atomic E-state index is -0.224. The molecule has 0 saturated heterocycles. The van der Waals surface area contributed by atoms with E-state index in [1.165, 1.54) is 12.1 Å². The zero-order chi connectivity index (χ0) is 13.1. The Morgan fingerprint density at radius 1 is 1.28 bits per heavy atom. The number of furan rings is 1. The van der Waals surface area contributed by atoms with Gasteiger partial charge in [0.05, 0.1) is 6.04 Å². The smallest absolute Gasteiger partial charge is 0.134 e. The van der Waals surface area contributed by atoms with Gasteiger partial charge in [-0.15, -0.1) is 0 Å². The van der Waals surface area contributed by atoms with Crippen LogP contribution in [-0.2, 0) is 0 Å². The SMILES string of the molecule is CCNC(c1cc2cc(F)ccc2o1)C(C)CC. The average molecular weight is 249 g/mol. The molecule has 0 aliphatic heterocycles. The van der Waals surface area contributed by atoms with E-state index < -0.39 is 0 Å². The Bertz CT molecular complexity index is 520. The Labute approximate surface area is 107 Å². The highest BCUT2D eigenvalue weighted by atomic mass is 19.1. The van der Waals surface area contributed by atoms with E-state index in [0.29, 0.717) is 5.92 Å². The molecule has 0 amide bonds. The molecule has 1 aromatic carbocycles. The van der Waals surface area contributed by atoms with Crippen LogP contribution in [0.5, 0.6) is 0 Å². The van der Waals surface area contributed by atoms with E-state index in [0.717, 1.165) is 29.7 Å². The van der Waals surface area contributed by atoms with Gasteiger partial charge in [-0.25, -0.2) is 4.39 Å². The molecule has 0 fully saturated rings. The maximum absolute atomic E-state index is 13.2. The molecule has 0 radical (unpaired) electrons. The van der Waals surface area contributed by atoms with Crippen LogP contribution in [0.2, 0.25) is 0 Å². The third kappa shape index (κ3) is 2.56. The van der Waals surface area contributed by atoms with Crippen molar-refractivity contribution in [1.29, 1.82) is 0 Å². The van der Waals surface area contributed by atoms with E-state index in [-0.39, 0.29) is 11.9 Å². The van der Waals surface area contributed by atoms with Gasteiger partial charge in [-0.1, -0.05) is 27.2 Å². The number of hydrogen-bond acceptors (Lipinski definition) is 2. The zero-order valence-corrected chi connectivity index (χ0v) is 11.2. The Morgan fingerprint density at radius 2 is 2.06 bits per heavy atom. The number of fused-ring (bicyclic) bond motifs is 1. The molecular weight excluding hydrogens is 229 g/mol. The lowest BCUT2D eigenvalue weighted by molar-refractivity contribution is 0.331. The van der Waals surface area contributed by atoms with Crippen LogP contribution in [-0.4, -0.2) is 6.54 Å². The molecule has 2 atom stereocenters. The molecule has 0 spiro atoms. The molecule has 0 aliphatic carbocycles. The third-order valence-corrected chi connectivity index (χ3v) is 3.44. The number of nitrogens with one attached hydrogen (secondary N) is 1. The second kappa shape index (κ2) is 5.53. The van der Waals surface area contributed by atoms with Gasteiger partial charge in [0.25, 0.3) is 0 Å². The first-order valence-corrected chi connectivity index (χ1v) is 6.58. The first kappa shape index (κ1) is 13.1. The van der Waals surface area contributed by atoms with Crippen LogP contribution in [0.1, 0.15) is 39.0 Å². The molecule has 2 aromatic rings. The summed E-state index contributed by atoms with van der Waals surface area (Å²) in [7, 11) is 0. The molecule has 1 aromatic heterocycles. The van der Waals surface area contributed by atoms with E-state index >= 15 is 0 Å². The highest BCUT2D eigenvalue weighted by Crippen LogP contribution is 2.30. The van der Waals surface area contributed by atoms with Crippen LogP contribution in [0, 0.1) is 11.7 Å². The van der Waals surface area contributed by atoms with Crippen molar-refractivity contribution < 1.29 is 8.81 Å². The minimum Gasteiger partial charge on any atom is -0.459 e. The third-order valence-electron chi connectivity index (χ3n) is 3.44. The molecule has 2 rings (SSSR count). The molecular formula is C15H20FNO. The van der Waals surface area contributed by atoms with Gasteiger partial charge in [0, 0.05) is 5.39 Å². The molecule has 98 valence electrons. The van der Waals surface area contributed by atoms with Crippen molar-refractivity contribution in [2.45, 2.75) is 33.2 Å². The lowest BCUT2D eigenvalue weighted by Gasteiger charge is -2.21. The van der Waals surface area contributed by atoms with E-state index in [2.05, 4.69) is 26.1 Å². The summed E-state index contributed by atoms with van der Waals surface area (Å²) in [5.41, 5.74) is 0.748. The van der Waals surface area contributed by atoms with Crippen LogP contribution in [0.15, 0.2) is 28.7 Å². The van der Waals surface area contributed by atoms with Crippen molar-refractivity contribution in [3.05, 3.63) is 35.8 Å². The zero-order valence-electron chi connectivity index (χ0n) is 11.2. The van der Waals surface area contributed by atoms with Gasteiger partial charge < -0.3 is 9.73 Å². The van der Waals surface area contributed by atoms with Gasteiger partial charge in [0.2, 0.25) is 0 Å². The number of benzene rings is 1. The van der Waals surface area contributed by atoms with Gasteiger partial charge in [-0.3, -0.25) is 0 Å². The summed E-state index contributed by atoms with van der Waals surface area (Å²) in [6, 6.07) is 6.77. The lowest BCUT2D eigenvalue weighted by atomic mass is 9.97. The monoisotopic (exact) mass is 249 g/mol. The van der Waals surface area contributed by atoms with Crippen LogP contribution in [0.4, 0.5) is 4.39 Å². The molecule has 1 heterocycles. The summed E-state index contributed by atoms with van der Waals surface area (Å²) in [6.07, 6.45) is 1.07. The molecule has 0 aliphatic rings. The fourth-order valence-electron chi connectivity index (χ4n) is 2.23. The van der Waals surface area contributed by atoms with E-state index in [9.17, 15) is 4.39 Å². The first-order valence-electron chi connectivity index (χ1n) is 6.58. The summed E-state index contributed by atoms with van der Waals surface area (Å²) in [4.78, 5) is 0. The maximum Gasteiger partial charge on any atom is 0.134 e. The van der Waals surface area contributed by atoms with E-state index in [4.69, 9.17) is 4.42 Å². The fraction of sp³-hybridized carbons (Fsp3) is 0.467. The fourth-order valence-corrected chi connectivity index (χ4v) is 2.23. The second-order valence-corrected chi connectivity index (χ2v) is 4.75. The maximum atomic E-state index is 13.2. The molecule has 2 nitrogen and oxygen atoms in total. The number of hydrogen-bond donors (Lipinski definition) is 1. The molecule has 18 heavy (non-hydrogen) atoms. The first-order chi connectivity index (χ1) is 8.65. The topological polar surface area (TPSA) is 25.2 Å². The Balaban J connectivity index is 2.38. The lowest BCUT2D eigenvalue weighted by Crippen LogP contribution is -2.26. The Morgan fingerprint density at radius 3 is 2.72 bits per heavy atom. The summed E-state index contributed by atoms with van der Waals surface area (Å²) >= 11 is 0. The van der Waals surface area contributed by atoms with Crippen molar-refractivity contribution in [2.24, 2.45) is 5.92 Å². The highest BCUT2D eigenvalue weighted by molar-refractivity contribution is 5.78. The predicted molar refractivity (Wildman–Crippen MR) is 72.0 cm³/mol. The van der Waals surface area contributed by atoms with Gasteiger partial charge >= 0.3 is 0 Å². The van der Waals surface area contributed by atoms with Crippen LogP contribution >= 0.6 is 0 Å². The van der Waals surface area contributed by atoms with Crippen LogP contribution < -0.4 is 5.32 Å². The molecule has 0 saturated carbocycles. The summed E-state index contributed by atoms with van der Waals surface area (Å²) in [5.74, 6) is 1.15. The summed E-state index contributed by atoms with van der Waals surface area (Å²) < 4.78 is 19.0. The summed E-state index contributed by atoms with van der Waals surface area (Å²) in [5, 5.41) is 4.27. The Hall–Kier alpha value is -1.35. The van der Waals surface area contributed by atoms with Gasteiger partial charge in [-0.2, -0.15) is 0 Å². The standard InChI is InChI=1S/C15H20FNO/c1-4-10(3)15(17-5-2)14-9-11-8-12(16)6-7-13(11)18-14/h6-10,15,17H,4-5H2,1-3H3. The quantitative estimate of drug-likeness (QED) is 0.856. The van der Waals surface area contributed by atoms with Crippen molar-refractivity contribution >= 4 is 11.0 Å². The number of rotatable bonds is 5. The summed E-state index contributed by atoms with van der Waals surface area (Å²) in [6.45, 7) is 7.33. The molecule has 0 bridgehead atoms. The molecule has 1 N–H and O–H groups in total. The van der Waals surface area contributed by atoms with Crippen molar-refractivity contribution in [3.8, 4) is 0 Å². The van der Waals surface area contributed by atoms with Gasteiger partial charge in [0.1, 0.15) is 17.2 Å².